The number of carbonyl (C=O) groups is 2. The quantitative estimate of drug-likeness (QED) is 0.658. The van der Waals surface area contributed by atoms with Crippen LogP contribution in [0.25, 0.3) is 0 Å². The molecule has 7 nitrogen and oxygen atoms in total. The van der Waals surface area contributed by atoms with Crippen LogP contribution in [-0.2, 0) is 14.3 Å². The molecule has 0 aliphatic carbocycles. The van der Waals surface area contributed by atoms with Gasteiger partial charge in [-0.25, -0.2) is 9.59 Å². The van der Waals surface area contributed by atoms with Gasteiger partial charge in [0.1, 0.15) is 23.2 Å². The van der Waals surface area contributed by atoms with Crippen molar-refractivity contribution >= 4 is 12.1 Å². The molecular formula is C20H31NO6. The minimum atomic E-state index is -0.539. The predicted molar refractivity (Wildman–Crippen MR) is 102 cm³/mol. The number of methoxy groups -OCH3 is 1. The monoisotopic (exact) mass is 381 g/mol. The SMILES string of the molecule is CCCC(CNC(=O)OC(C)(C)C)Oc1ccc(OCC(=O)OC)c(C)c1. The van der Waals surface area contributed by atoms with E-state index >= 15 is 0 Å². The maximum absolute atomic E-state index is 11.8. The number of hydrogen-bond donors (Lipinski definition) is 1. The Balaban J connectivity index is 2.64. The Morgan fingerprint density at radius 3 is 2.48 bits per heavy atom. The van der Waals surface area contributed by atoms with Gasteiger partial charge in [-0.15, -0.1) is 0 Å². The number of carbonyl (C=O) groups excluding carboxylic acids is 2. The third-order valence-electron chi connectivity index (χ3n) is 3.51. The number of rotatable bonds is 9. The van der Waals surface area contributed by atoms with Crippen LogP contribution in [0.1, 0.15) is 46.1 Å². The second-order valence-electron chi connectivity index (χ2n) is 7.20. The van der Waals surface area contributed by atoms with Gasteiger partial charge in [0.05, 0.1) is 13.7 Å². The normalized spacial score (nSPS) is 12.1. The molecule has 1 unspecified atom stereocenters. The first kappa shape index (κ1) is 22.6. The number of ether oxygens (including phenoxy) is 4. The molecule has 0 saturated carbocycles. The number of hydrogen-bond acceptors (Lipinski definition) is 6. The van der Waals surface area contributed by atoms with E-state index in [1.165, 1.54) is 7.11 Å². The fraction of sp³-hybridized carbons (Fsp3) is 0.600. The average Bonchev–Trinajstić information content (AvgIpc) is 2.57. The number of amides is 1. The van der Waals surface area contributed by atoms with Gasteiger partial charge in [0.15, 0.2) is 6.61 Å². The second kappa shape index (κ2) is 10.6. The van der Waals surface area contributed by atoms with Gasteiger partial charge < -0.3 is 24.3 Å². The van der Waals surface area contributed by atoms with E-state index in [9.17, 15) is 9.59 Å². The van der Waals surface area contributed by atoms with Crippen LogP contribution >= 0.6 is 0 Å². The highest BCUT2D eigenvalue weighted by atomic mass is 16.6. The highest BCUT2D eigenvalue weighted by Gasteiger charge is 2.18. The van der Waals surface area contributed by atoms with E-state index < -0.39 is 17.7 Å². The minimum Gasteiger partial charge on any atom is -0.489 e. The molecule has 0 radical (unpaired) electrons. The maximum atomic E-state index is 11.8. The fourth-order valence-electron chi connectivity index (χ4n) is 2.28. The van der Waals surface area contributed by atoms with Crippen molar-refractivity contribution in [2.24, 2.45) is 0 Å². The Hall–Kier alpha value is -2.44. The Labute approximate surface area is 161 Å². The first-order valence-electron chi connectivity index (χ1n) is 9.08. The first-order chi connectivity index (χ1) is 12.6. The highest BCUT2D eigenvalue weighted by Crippen LogP contribution is 2.24. The number of benzene rings is 1. The molecular weight excluding hydrogens is 350 g/mol. The summed E-state index contributed by atoms with van der Waals surface area (Å²) in [7, 11) is 1.31. The number of alkyl carbamates (subject to hydrolysis) is 1. The van der Waals surface area contributed by atoms with Crippen molar-refractivity contribution in [2.45, 2.75) is 59.2 Å². The number of esters is 1. The van der Waals surface area contributed by atoms with Crippen molar-refractivity contribution < 1.29 is 28.5 Å². The standard InChI is InChI=1S/C20H31NO6/c1-7-8-16(12-21-19(23)27-20(3,4)5)26-15-9-10-17(14(2)11-15)25-13-18(22)24-6/h9-11,16H,7-8,12-13H2,1-6H3,(H,21,23). The molecule has 0 heterocycles. The lowest BCUT2D eigenvalue weighted by Gasteiger charge is -2.23. The van der Waals surface area contributed by atoms with E-state index in [1.807, 2.05) is 33.8 Å². The molecule has 7 heteroatoms. The van der Waals surface area contributed by atoms with E-state index in [4.69, 9.17) is 14.2 Å². The summed E-state index contributed by atoms with van der Waals surface area (Å²) in [6, 6.07) is 5.36. The maximum Gasteiger partial charge on any atom is 0.407 e. The molecule has 1 aromatic carbocycles. The largest absolute Gasteiger partial charge is 0.489 e. The van der Waals surface area contributed by atoms with Gasteiger partial charge >= 0.3 is 12.1 Å². The van der Waals surface area contributed by atoms with Crippen LogP contribution in [0.15, 0.2) is 18.2 Å². The van der Waals surface area contributed by atoms with Crippen molar-refractivity contribution in [1.29, 1.82) is 0 Å². The molecule has 0 aliphatic rings. The molecule has 0 bridgehead atoms. The molecule has 0 spiro atoms. The molecule has 0 aromatic heterocycles. The third kappa shape index (κ3) is 9.17. The number of aryl methyl sites for hydroxylation is 1. The summed E-state index contributed by atoms with van der Waals surface area (Å²) in [6.45, 7) is 9.59. The summed E-state index contributed by atoms with van der Waals surface area (Å²) >= 11 is 0. The summed E-state index contributed by atoms with van der Waals surface area (Å²) in [5, 5.41) is 2.75. The molecule has 0 fully saturated rings. The van der Waals surface area contributed by atoms with Crippen molar-refractivity contribution in [3.8, 4) is 11.5 Å². The molecule has 1 N–H and O–H groups in total. The summed E-state index contributed by atoms with van der Waals surface area (Å²) in [6.07, 6.45) is 1.06. The van der Waals surface area contributed by atoms with Crippen LogP contribution in [0.5, 0.6) is 11.5 Å². The van der Waals surface area contributed by atoms with E-state index in [0.29, 0.717) is 18.0 Å². The lowest BCUT2D eigenvalue weighted by molar-refractivity contribution is -0.142. The van der Waals surface area contributed by atoms with Gasteiger partial charge in [-0.1, -0.05) is 13.3 Å². The van der Waals surface area contributed by atoms with E-state index in [0.717, 1.165) is 18.4 Å². The molecule has 1 amide bonds. The van der Waals surface area contributed by atoms with Crippen molar-refractivity contribution in [3.63, 3.8) is 0 Å². The van der Waals surface area contributed by atoms with Crippen molar-refractivity contribution in [3.05, 3.63) is 23.8 Å². The average molecular weight is 381 g/mol. The topological polar surface area (TPSA) is 83.1 Å². The van der Waals surface area contributed by atoms with Gasteiger partial charge in [-0.2, -0.15) is 0 Å². The molecule has 0 aliphatic heterocycles. The first-order valence-corrected chi connectivity index (χ1v) is 9.08. The fourth-order valence-corrected chi connectivity index (χ4v) is 2.28. The Morgan fingerprint density at radius 2 is 1.93 bits per heavy atom. The van der Waals surface area contributed by atoms with Crippen LogP contribution < -0.4 is 14.8 Å². The van der Waals surface area contributed by atoms with Crippen molar-refractivity contribution in [2.75, 3.05) is 20.3 Å². The van der Waals surface area contributed by atoms with Crippen LogP contribution in [0, 0.1) is 6.92 Å². The zero-order valence-electron chi connectivity index (χ0n) is 17.1. The summed E-state index contributed by atoms with van der Waals surface area (Å²) < 4.78 is 21.2. The predicted octanol–water partition coefficient (Wildman–Crippen LogP) is 3.62. The van der Waals surface area contributed by atoms with Crippen LogP contribution in [0.2, 0.25) is 0 Å². The zero-order valence-corrected chi connectivity index (χ0v) is 17.1. The molecule has 27 heavy (non-hydrogen) atoms. The minimum absolute atomic E-state index is 0.143. The van der Waals surface area contributed by atoms with Crippen LogP contribution in [0.4, 0.5) is 4.79 Å². The van der Waals surface area contributed by atoms with Gasteiger partial charge in [-0.05, 0) is 57.9 Å². The van der Waals surface area contributed by atoms with Gasteiger partial charge in [0.25, 0.3) is 0 Å². The van der Waals surface area contributed by atoms with E-state index in [2.05, 4.69) is 17.0 Å². The van der Waals surface area contributed by atoms with E-state index in [-0.39, 0.29) is 12.7 Å². The van der Waals surface area contributed by atoms with Gasteiger partial charge in [-0.3, -0.25) is 0 Å². The molecule has 1 rings (SSSR count). The van der Waals surface area contributed by atoms with Crippen molar-refractivity contribution in [1.82, 2.24) is 5.32 Å². The Kier molecular flexibility index (Phi) is 8.91. The lowest BCUT2D eigenvalue weighted by atomic mass is 10.2. The molecule has 152 valence electrons. The van der Waals surface area contributed by atoms with Gasteiger partial charge in [0, 0.05) is 0 Å². The lowest BCUT2D eigenvalue weighted by Crippen LogP contribution is -2.38. The Bertz CT molecular complexity index is 623. The molecule has 0 saturated heterocycles. The van der Waals surface area contributed by atoms with Crippen LogP contribution in [-0.4, -0.2) is 44.0 Å². The summed E-state index contributed by atoms with van der Waals surface area (Å²) in [4.78, 5) is 23.0. The molecule has 1 atom stereocenters. The smallest absolute Gasteiger partial charge is 0.407 e. The van der Waals surface area contributed by atoms with Gasteiger partial charge in [0.2, 0.25) is 0 Å². The summed E-state index contributed by atoms with van der Waals surface area (Å²) in [5.74, 6) is 0.819. The third-order valence-corrected chi connectivity index (χ3v) is 3.51. The molecule has 1 aromatic rings. The summed E-state index contributed by atoms with van der Waals surface area (Å²) in [5.41, 5.74) is 0.300. The zero-order chi connectivity index (χ0) is 20.4. The number of nitrogens with one attached hydrogen (secondary N) is 1. The highest BCUT2D eigenvalue weighted by molar-refractivity contribution is 5.71. The Morgan fingerprint density at radius 1 is 1.22 bits per heavy atom. The van der Waals surface area contributed by atoms with Crippen LogP contribution in [0.3, 0.4) is 0 Å². The van der Waals surface area contributed by atoms with E-state index in [1.54, 1.807) is 12.1 Å². The second-order valence-corrected chi connectivity index (χ2v) is 7.20.